The summed E-state index contributed by atoms with van der Waals surface area (Å²) in [6.45, 7) is 0. The van der Waals surface area contributed by atoms with Crippen LogP contribution < -0.4 is 20.5 Å². The Morgan fingerprint density at radius 2 is 1.94 bits per heavy atom. The molecule has 0 atom stereocenters. The molecule has 3 N–H and O–H groups in total. The number of hydrogen-bond acceptors (Lipinski definition) is 6. The van der Waals surface area contributed by atoms with E-state index >= 15 is 0 Å². The first-order valence-corrected chi connectivity index (χ1v) is 9.78. The Kier molecular flexibility index (Phi) is 4.46. The molecule has 5 rings (SSSR count). The number of methoxy groups -OCH3 is 2. The molecular weight excluding hydrogens is 400 g/mol. The Labute approximate surface area is 176 Å². The van der Waals surface area contributed by atoms with Gasteiger partial charge in [0.1, 0.15) is 0 Å². The normalized spacial score (nSPS) is 13.4. The number of amides is 1. The second-order valence-electron chi connectivity index (χ2n) is 7.29. The zero-order valence-electron chi connectivity index (χ0n) is 16.9. The molecule has 0 saturated heterocycles. The van der Waals surface area contributed by atoms with Gasteiger partial charge in [-0.1, -0.05) is 0 Å². The fourth-order valence-corrected chi connectivity index (χ4v) is 3.57. The van der Waals surface area contributed by atoms with E-state index in [0.717, 1.165) is 23.9 Å². The van der Waals surface area contributed by atoms with Crippen molar-refractivity contribution in [3.8, 4) is 22.9 Å². The van der Waals surface area contributed by atoms with Crippen molar-refractivity contribution in [2.45, 2.75) is 18.9 Å². The molecule has 1 fully saturated rings. The van der Waals surface area contributed by atoms with Gasteiger partial charge in [-0.3, -0.25) is 19.8 Å². The number of benzene rings is 2. The van der Waals surface area contributed by atoms with Crippen LogP contribution in [0.15, 0.2) is 41.2 Å². The topological polar surface area (TPSA) is 127 Å². The Hall–Kier alpha value is -4.08. The zero-order chi connectivity index (χ0) is 21.5. The Balaban J connectivity index is 1.37. The molecule has 0 bridgehead atoms. The van der Waals surface area contributed by atoms with E-state index in [4.69, 9.17) is 9.47 Å². The summed E-state index contributed by atoms with van der Waals surface area (Å²) in [6.07, 6.45) is 2.00. The maximum atomic E-state index is 12.7. The predicted octanol–water partition coefficient (Wildman–Crippen LogP) is 2.72. The standard InChI is InChI=1S/C21H20N6O4/c1-30-16-8-4-11(10-17(16)31-2)18-23-20(26-25-18)24-19(28)12-3-7-15-14(9-12)22-21(29)27(15)13-5-6-13/h3-4,7-10,13H,5-6H2,1-2H3,(H,22,29)(H2,23,24,25,26,28). The first-order valence-electron chi connectivity index (χ1n) is 9.78. The second-order valence-corrected chi connectivity index (χ2v) is 7.29. The quantitative estimate of drug-likeness (QED) is 0.440. The lowest BCUT2D eigenvalue weighted by Crippen LogP contribution is -2.14. The van der Waals surface area contributed by atoms with Gasteiger partial charge in [-0.2, -0.15) is 4.98 Å². The molecule has 1 aliphatic carbocycles. The van der Waals surface area contributed by atoms with Crippen LogP contribution in [0.1, 0.15) is 29.2 Å². The highest BCUT2D eigenvalue weighted by Gasteiger charge is 2.27. The van der Waals surface area contributed by atoms with E-state index in [1.165, 1.54) is 0 Å². The van der Waals surface area contributed by atoms with E-state index in [1.807, 2.05) is 6.07 Å². The molecule has 2 aromatic heterocycles. The van der Waals surface area contributed by atoms with Crippen molar-refractivity contribution in [3.05, 3.63) is 52.4 Å². The van der Waals surface area contributed by atoms with E-state index in [2.05, 4.69) is 25.5 Å². The number of ether oxygens (including phenoxy) is 2. The van der Waals surface area contributed by atoms with E-state index in [1.54, 1.807) is 49.1 Å². The number of aromatic amines is 2. The number of hydrogen-bond donors (Lipinski definition) is 3. The molecule has 1 aliphatic rings. The van der Waals surface area contributed by atoms with Crippen molar-refractivity contribution in [2.75, 3.05) is 19.5 Å². The van der Waals surface area contributed by atoms with Gasteiger partial charge in [-0.05, 0) is 49.2 Å². The van der Waals surface area contributed by atoms with Crippen LogP contribution in [-0.4, -0.2) is 44.9 Å². The molecule has 31 heavy (non-hydrogen) atoms. The highest BCUT2D eigenvalue weighted by molar-refractivity contribution is 6.05. The van der Waals surface area contributed by atoms with Gasteiger partial charge in [-0.15, -0.1) is 5.10 Å². The molecule has 1 saturated carbocycles. The third-order valence-corrected chi connectivity index (χ3v) is 5.26. The molecule has 2 heterocycles. The highest BCUT2D eigenvalue weighted by atomic mass is 16.5. The number of anilines is 1. The Bertz CT molecular complexity index is 1350. The van der Waals surface area contributed by atoms with Crippen molar-refractivity contribution in [1.82, 2.24) is 24.7 Å². The van der Waals surface area contributed by atoms with Gasteiger partial charge < -0.3 is 14.5 Å². The van der Waals surface area contributed by atoms with Crippen molar-refractivity contribution in [1.29, 1.82) is 0 Å². The van der Waals surface area contributed by atoms with Crippen LogP contribution in [0.5, 0.6) is 11.5 Å². The molecule has 10 heteroatoms. The van der Waals surface area contributed by atoms with Crippen LogP contribution in [0.25, 0.3) is 22.4 Å². The van der Waals surface area contributed by atoms with Crippen LogP contribution in [0.4, 0.5) is 5.95 Å². The smallest absolute Gasteiger partial charge is 0.326 e. The minimum Gasteiger partial charge on any atom is -0.493 e. The van der Waals surface area contributed by atoms with Gasteiger partial charge in [0.25, 0.3) is 5.91 Å². The summed E-state index contributed by atoms with van der Waals surface area (Å²) in [7, 11) is 3.12. The van der Waals surface area contributed by atoms with Crippen molar-refractivity contribution in [3.63, 3.8) is 0 Å². The number of aromatic nitrogens is 5. The first kappa shape index (κ1) is 18.9. The number of carbonyl (C=O) groups is 1. The molecule has 0 radical (unpaired) electrons. The molecule has 1 amide bonds. The number of rotatable bonds is 6. The maximum Gasteiger partial charge on any atom is 0.326 e. The number of carbonyl (C=O) groups excluding carboxylic acids is 1. The van der Waals surface area contributed by atoms with Crippen molar-refractivity contribution < 1.29 is 14.3 Å². The molecule has 0 aliphatic heterocycles. The molecule has 4 aromatic rings. The van der Waals surface area contributed by atoms with Crippen LogP contribution in [-0.2, 0) is 0 Å². The summed E-state index contributed by atoms with van der Waals surface area (Å²) in [5.74, 6) is 1.39. The number of nitrogens with zero attached hydrogens (tertiary/aromatic N) is 3. The summed E-state index contributed by atoms with van der Waals surface area (Å²) < 4.78 is 12.3. The van der Waals surface area contributed by atoms with Crippen molar-refractivity contribution >= 4 is 22.9 Å². The second kappa shape index (κ2) is 7.31. The van der Waals surface area contributed by atoms with Gasteiger partial charge in [0.2, 0.25) is 5.95 Å². The van der Waals surface area contributed by atoms with Gasteiger partial charge >= 0.3 is 5.69 Å². The molecule has 2 aromatic carbocycles. The molecule has 0 spiro atoms. The summed E-state index contributed by atoms with van der Waals surface area (Å²) in [4.78, 5) is 32.0. The summed E-state index contributed by atoms with van der Waals surface area (Å²) in [5.41, 5.74) is 2.41. The largest absolute Gasteiger partial charge is 0.493 e. The monoisotopic (exact) mass is 420 g/mol. The fraction of sp³-hybridized carbons (Fsp3) is 0.238. The fourth-order valence-electron chi connectivity index (χ4n) is 3.57. The lowest BCUT2D eigenvalue weighted by atomic mass is 10.2. The number of H-pyrrole nitrogens is 2. The van der Waals surface area contributed by atoms with Gasteiger partial charge in [0.15, 0.2) is 17.3 Å². The third-order valence-electron chi connectivity index (χ3n) is 5.26. The zero-order valence-corrected chi connectivity index (χ0v) is 16.9. The summed E-state index contributed by atoms with van der Waals surface area (Å²) in [6, 6.07) is 10.7. The van der Waals surface area contributed by atoms with Crippen LogP contribution in [0.3, 0.4) is 0 Å². The molecule has 158 valence electrons. The first-order chi connectivity index (χ1) is 15.1. The van der Waals surface area contributed by atoms with Crippen LogP contribution in [0.2, 0.25) is 0 Å². The van der Waals surface area contributed by atoms with Gasteiger partial charge in [0, 0.05) is 17.2 Å². The minimum absolute atomic E-state index is 0.138. The average Bonchev–Trinajstić information content (AvgIpc) is 3.41. The van der Waals surface area contributed by atoms with Crippen LogP contribution in [0, 0.1) is 0 Å². The van der Waals surface area contributed by atoms with E-state index in [-0.39, 0.29) is 23.6 Å². The maximum absolute atomic E-state index is 12.7. The average molecular weight is 420 g/mol. The van der Waals surface area contributed by atoms with E-state index in [9.17, 15) is 9.59 Å². The van der Waals surface area contributed by atoms with Gasteiger partial charge in [-0.25, -0.2) is 4.79 Å². The lowest BCUT2D eigenvalue weighted by molar-refractivity contribution is 0.102. The minimum atomic E-state index is -0.375. The third kappa shape index (κ3) is 3.41. The van der Waals surface area contributed by atoms with Gasteiger partial charge in [0.05, 0.1) is 25.3 Å². The highest BCUT2D eigenvalue weighted by Crippen LogP contribution is 2.35. The summed E-state index contributed by atoms with van der Waals surface area (Å²) in [5, 5.41) is 9.54. The SMILES string of the molecule is COc1ccc(-c2nc(NC(=O)c3ccc4c(c3)[nH]c(=O)n4C3CC3)n[nH]2)cc1OC. The number of nitrogens with one attached hydrogen (secondary N) is 3. The van der Waals surface area contributed by atoms with Crippen molar-refractivity contribution in [2.24, 2.45) is 0 Å². The summed E-state index contributed by atoms with van der Waals surface area (Å²) >= 11 is 0. The number of imidazole rings is 1. The van der Waals surface area contributed by atoms with E-state index in [0.29, 0.717) is 28.4 Å². The molecule has 0 unspecified atom stereocenters. The lowest BCUT2D eigenvalue weighted by Gasteiger charge is -2.07. The Morgan fingerprint density at radius 1 is 1.13 bits per heavy atom. The van der Waals surface area contributed by atoms with Crippen LogP contribution >= 0.6 is 0 Å². The predicted molar refractivity (Wildman–Crippen MR) is 114 cm³/mol. The molecule has 10 nitrogen and oxygen atoms in total. The van der Waals surface area contributed by atoms with E-state index < -0.39 is 0 Å². The Morgan fingerprint density at radius 3 is 2.68 bits per heavy atom. The number of fused-ring (bicyclic) bond motifs is 1. The molecular formula is C21H20N6O4.